The van der Waals surface area contributed by atoms with Gasteiger partial charge in [-0.25, -0.2) is 4.39 Å². The standard InChI is InChI=1S/C19H18BrFN2O/c20-16(11-13-5-1-3-7-17(13)21)19(24)22-10-9-14-12-23-18-8-4-2-6-15(14)18/h1-8,12,16,23H,9-11H2,(H,22,24). The maximum Gasteiger partial charge on any atom is 0.234 e. The van der Waals surface area contributed by atoms with Gasteiger partial charge >= 0.3 is 0 Å². The number of halogens is 2. The number of rotatable bonds is 6. The molecule has 0 saturated carbocycles. The fourth-order valence-corrected chi connectivity index (χ4v) is 3.23. The van der Waals surface area contributed by atoms with E-state index in [1.165, 1.54) is 17.0 Å². The van der Waals surface area contributed by atoms with Crippen LogP contribution in [0.3, 0.4) is 0 Å². The van der Waals surface area contributed by atoms with Gasteiger partial charge in [-0.15, -0.1) is 0 Å². The Balaban J connectivity index is 1.53. The van der Waals surface area contributed by atoms with Crippen molar-refractivity contribution in [1.82, 2.24) is 10.3 Å². The summed E-state index contributed by atoms with van der Waals surface area (Å²) in [6, 6.07) is 14.6. The molecule has 0 aliphatic heterocycles. The highest BCUT2D eigenvalue weighted by molar-refractivity contribution is 9.10. The summed E-state index contributed by atoms with van der Waals surface area (Å²) in [6.45, 7) is 0.542. The Morgan fingerprint density at radius 3 is 2.71 bits per heavy atom. The lowest BCUT2D eigenvalue weighted by atomic mass is 10.1. The third kappa shape index (κ3) is 3.85. The van der Waals surface area contributed by atoms with E-state index in [0.717, 1.165) is 11.9 Å². The first-order valence-corrected chi connectivity index (χ1v) is 8.77. The van der Waals surface area contributed by atoms with Crippen molar-refractivity contribution in [2.75, 3.05) is 6.54 Å². The number of aromatic nitrogens is 1. The maximum atomic E-state index is 13.6. The summed E-state index contributed by atoms with van der Waals surface area (Å²) >= 11 is 3.35. The number of benzene rings is 2. The van der Waals surface area contributed by atoms with E-state index in [4.69, 9.17) is 0 Å². The van der Waals surface area contributed by atoms with Gasteiger partial charge in [-0.2, -0.15) is 0 Å². The van der Waals surface area contributed by atoms with Crippen LogP contribution in [0.5, 0.6) is 0 Å². The highest BCUT2D eigenvalue weighted by atomic mass is 79.9. The Hall–Kier alpha value is -2.14. The molecule has 1 atom stereocenters. The van der Waals surface area contributed by atoms with E-state index in [1.807, 2.05) is 24.4 Å². The predicted octanol–water partition coefficient (Wildman–Crippen LogP) is 3.97. The van der Waals surface area contributed by atoms with Gasteiger partial charge in [0.2, 0.25) is 5.91 Å². The van der Waals surface area contributed by atoms with Crippen LogP contribution in [-0.2, 0) is 17.6 Å². The van der Waals surface area contributed by atoms with E-state index in [2.05, 4.69) is 32.3 Å². The summed E-state index contributed by atoms with van der Waals surface area (Å²) in [7, 11) is 0. The molecule has 3 aromatic rings. The monoisotopic (exact) mass is 388 g/mol. The van der Waals surface area contributed by atoms with Gasteiger partial charge in [-0.1, -0.05) is 52.3 Å². The molecule has 0 bridgehead atoms. The second-order valence-corrected chi connectivity index (χ2v) is 6.77. The number of hydrogen-bond donors (Lipinski definition) is 2. The van der Waals surface area contributed by atoms with Crippen molar-refractivity contribution in [2.24, 2.45) is 0 Å². The Bertz CT molecular complexity index is 846. The van der Waals surface area contributed by atoms with Crippen molar-refractivity contribution in [3.05, 3.63) is 71.7 Å². The smallest absolute Gasteiger partial charge is 0.234 e. The second kappa shape index (κ2) is 7.62. The second-order valence-electron chi connectivity index (χ2n) is 5.66. The molecule has 1 heterocycles. The average molecular weight is 389 g/mol. The molecule has 1 amide bonds. The molecule has 0 aliphatic rings. The number of hydrogen-bond acceptors (Lipinski definition) is 1. The van der Waals surface area contributed by atoms with Gasteiger partial charge in [0.1, 0.15) is 5.82 Å². The van der Waals surface area contributed by atoms with E-state index in [9.17, 15) is 9.18 Å². The van der Waals surface area contributed by atoms with Gasteiger partial charge < -0.3 is 10.3 Å². The summed E-state index contributed by atoms with van der Waals surface area (Å²) in [5.74, 6) is -0.411. The van der Waals surface area contributed by atoms with Gasteiger partial charge in [-0.05, 0) is 36.1 Å². The molecule has 0 spiro atoms. The number of carbonyl (C=O) groups excluding carboxylic acids is 1. The summed E-state index contributed by atoms with van der Waals surface area (Å²) in [4.78, 5) is 14.9. The zero-order valence-electron chi connectivity index (χ0n) is 13.1. The van der Waals surface area contributed by atoms with Gasteiger partial charge in [0.05, 0.1) is 4.83 Å². The summed E-state index contributed by atoms with van der Waals surface area (Å²) in [5, 5.41) is 4.08. The zero-order chi connectivity index (χ0) is 16.9. The Morgan fingerprint density at radius 2 is 1.88 bits per heavy atom. The number of aromatic amines is 1. The first-order valence-electron chi connectivity index (χ1n) is 7.85. The predicted molar refractivity (Wildman–Crippen MR) is 97.8 cm³/mol. The molecular formula is C19H18BrFN2O. The number of carbonyl (C=O) groups is 1. The van der Waals surface area contributed by atoms with Gasteiger partial charge in [-0.3, -0.25) is 4.79 Å². The molecule has 1 unspecified atom stereocenters. The van der Waals surface area contributed by atoms with Gasteiger partial charge in [0, 0.05) is 23.6 Å². The van der Waals surface area contributed by atoms with Gasteiger partial charge in [0.25, 0.3) is 0 Å². The summed E-state index contributed by atoms with van der Waals surface area (Å²) in [5.41, 5.74) is 2.80. The molecule has 2 aromatic carbocycles. The highest BCUT2D eigenvalue weighted by Gasteiger charge is 2.16. The molecule has 0 saturated heterocycles. The minimum Gasteiger partial charge on any atom is -0.361 e. The van der Waals surface area contributed by atoms with Crippen LogP contribution in [0, 0.1) is 5.82 Å². The molecule has 0 fully saturated rings. The van der Waals surface area contributed by atoms with Crippen molar-refractivity contribution < 1.29 is 9.18 Å². The molecule has 3 rings (SSSR count). The number of fused-ring (bicyclic) bond motifs is 1. The fourth-order valence-electron chi connectivity index (χ4n) is 2.72. The fraction of sp³-hybridized carbons (Fsp3) is 0.211. The van der Waals surface area contributed by atoms with E-state index in [-0.39, 0.29) is 11.7 Å². The molecule has 3 nitrogen and oxygen atoms in total. The van der Waals surface area contributed by atoms with Crippen LogP contribution in [0.25, 0.3) is 10.9 Å². The minimum atomic E-state index is -0.447. The quantitative estimate of drug-likeness (QED) is 0.616. The Morgan fingerprint density at radius 1 is 1.12 bits per heavy atom. The third-order valence-corrected chi connectivity index (χ3v) is 4.75. The molecule has 24 heavy (non-hydrogen) atoms. The molecule has 5 heteroatoms. The normalized spacial score (nSPS) is 12.2. The minimum absolute atomic E-state index is 0.127. The lowest BCUT2D eigenvalue weighted by Gasteiger charge is -2.11. The van der Waals surface area contributed by atoms with E-state index in [1.54, 1.807) is 18.2 Å². The van der Waals surface area contributed by atoms with E-state index >= 15 is 0 Å². The SMILES string of the molecule is O=C(NCCc1c[nH]c2ccccc12)C(Br)Cc1ccccc1F. The molecule has 2 N–H and O–H groups in total. The third-order valence-electron chi connectivity index (χ3n) is 4.01. The highest BCUT2D eigenvalue weighted by Crippen LogP contribution is 2.18. The number of nitrogens with one attached hydrogen (secondary N) is 2. The number of amides is 1. The van der Waals surface area contributed by atoms with Crippen LogP contribution in [0.1, 0.15) is 11.1 Å². The van der Waals surface area contributed by atoms with Crippen molar-refractivity contribution >= 4 is 32.7 Å². The topological polar surface area (TPSA) is 44.9 Å². The summed E-state index contributed by atoms with van der Waals surface area (Å²) in [6.07, 6.45) is 3.04. The van der Waals surface area contributed by atoms with Crippen LogP contribution in [-0.4, -0.2) is 22.3 Å². The number of H-pyrrole nitrogens is 1. The molecule has 0 aliphatic carbocycles. The lowest BCUT2D eigenvalue weighted by molar-refractivity contribution is -0.120. The van der Waals surface area contributed by atoms with Crippen LogP contribution < -0.4 is 5.32 Å². The molecule has 1 aromatic heterocycles. The zero-order valence-corrected chi connectivity index (χ0v) is 14.6. The van der Waals surface area contributed by atoms with Crippen LogP contribution in [0.4, 0.5) is 4.39 Å². The van der Waals surface area contributed by atoms with Crippen molar-refractivity contribution in [1.29, 1.82) is 0 Å². The maximum absolute atomic E-state index is 13.6. The average Bonchev–Trinajstić information content (AvgIpc) is 3.00. The van der Waals surface area contributed by atoms with Crippen LogP contribution in [0.15, 0.2) is 54.7 Å². The largest absolute Gasteiger partial charge is 0.361 e. The van der Waals surface area contributed by atoms with Crippen molar-refractivity contribution in [3.8, 4) is 0 Å². The number of para-hydroxylation sites is 1. The Labute approximate surface area is 148 Å². The Kier molecular flexibility index (Phi) is 5.30. The van der Waals surface area contributed by atoms with Gasteiger partial charge in [0.15, 0.2) is 0 Å². The lowest BCUT2D eigenvalue weighted by Crippen LogP contribution is -2.33. The van der Waals surface area contributed by atoms with Crippen molar-refractivity contribution in [2.45, 2.75) is 17.7 Å². The first-order chi connectivity index (χ1) is 11.6. The van der Waals surface area contributed by atoms with Crippen LogP contribution in [0.2, 0.25) is 0 Å². The van der Waals surface area contributed by atoms with Crippen molar-refractivity contribution in [3.63, 3.8) is 0 Å². The number of alkyl halides is 1. The molecule has 124 valence electrons. The van der Waals surface area contributed by atoms with E-state index in [0.29, 0.717) is 18.5 Å². The molecular weight excluding hydrogens is 371 g/mol. The van der Waals surface area contributed by atoms with E-state index < -0.39 is 4.83 Å². The van der Waals surface area contributed by atoms with Crippen LogP contribution >= 0.6 is 15.9 Å². The molecule has 0 radical (unpaired) electrons. The summed E-state index contributed by atoms with van der Waals surface area (Å²) < 4.78 is 13.6. The first kappa shape index (κ1) is 16.7.